The van der Waals surface area contributed by atoms with Crippen LogP contribution in [0.3, 0.4) is 0 Å². The maximum Gasteiger partial charge on any atom is 0.263 e. The summed E-state index contributed by atoms with van der Waals surface area (Å²) in [6.45, 7) is 2.31. The number of pyridine rings is 1. The molecular formula is C56H49N7O10. The zero-order valence-electron chi connectivity index (χ0n) is 40.5. The normalized spacial score (nSPS) is 13.5. The molecule has 17 nitrogen and oxygen atoms in total. The maximum absolute atomic E-state index is 14.6. The number of aryl methyl sites for hydroxylation is 2. The van der Waals surface area contributed by atoms with Crippen molar-refractivity contribution >= 4 is 45.4 Å². The Labute approximate surface area is 418 Å². The van der Waals surface area contributed by atoms with Gasteiger partial charge < -0.3 is 18.9 Å². The number of carbonyl (C=O) groups is 4. The van der Waals surface area contributed by atoms with Gasteiger partial charge in [-0.25, -0.2) is 9.97 Å². The van der Waals surface area contributed by atoms with Crippen LogP contribution < -0.4 is 30.1 Å². The van der Waals surface area contributed by atoms with Gasteiger partial charge in [0.2, 0.25) is 0 Å². The Hall–Kier alpha value is -8.99. The zero-order valence-corrected chi connectivity index (χ0v) is 40.5. The molecule has 73 heavy (non-hydrogen) atoms. The summed E-state index contributed by atoms with van der Waals surface area (Å²) in [5.74, 6) is 1.25. The molecule has 3 aromatic heterocycles. The van der Waals surface area contributed by atoms with Crippen molar-refractivity contribution < 1.29 is 38.1 Å². The van der Waals surface area contributed by atoms with E-state index in [2.05, 4.69) is 4.98 Å². The Morgan fingerprint density at radius 1 is 0.507 bits per heavy atom. The van der Waals surface area contributed by atoms with Crippen molar-refractivity contribution in [3.05, 3.63) is 193 Å². The summed E-state index contributed by atoms with van der Waals surface area (Å²) >= 11 is 0. The third-order valence-corrected chi connectivity index (χ3v) is 13.4. The molecule has 1 unspecified atom stereocenters. The number of amides is 4. The van der Waals surface area contributed by atoms with Crippen LogP contribution >= 0.6 is 0 Å². The van der Waals surface area contributed by atoms with Gasteiger partial charge in [-0.1, -0.05) is 42.5 Å². The Bertz CT molecular complexity index is 3590. The van der Waals surface area contributed by atoms with Crippen LogP contribution in [0.2, 0.25) is 0 Å². The van der Waals surface area contributed by atoms with Crippen LogP contribution in [-0.4, -0.2) is 91.4 Å². The number of imide groups is 2. The van der Waals surface area contributed by atoms with E-state index in [1.807, 2.05) is 36.4 Å². The van der Waals surface area contributed by atoms with Crippen LogP contribution in [0.25, 0.3) is 21.8 Å². The van der Waals surface area contributed by atoms with E-state index in [9.17, 15) is 28.8 Å². The third kappa shape index (κ3) is 9.05. The number of ether oxygens (including phenoxy) is 4. The number of hydrogen-bond acceptors (Lipinski definition) is 13. The molecule has 0 spiro atoms. The van der Waals surface area contributed by atoms with E-state index < -0.39 is 17.9 Å². The highest BCUT2D eigenvalue weighted by Crippen LogP contribution is 2.31. The first kappa shape index (κ1) is 47.7. The fraction of sp³-hybridized carbons (Fsp3) is 0.232. The van der Waals surface area contributed by atoms with Crippen molar-refractivity contribution in [2.45, 2.75) is 58.3 Å². The minimum absolute atomic E-state index is 0.00243. The van der Waals surface area contributed by atoms with Gasteiger partial charge in [-0.15, -0.1) is 0 Å². The lowest BCUT2D eigenvalue weighted by atomic mass is 10.1. The second-order valence-corrected chi connectivity index (χ2v) is 17.8. The molecule has 0 N–H and O–H groups in total. The minimum atomic E-state index is -0.594. The summed E-state index contributed by atoms with van der Waals surface area (Å²) in [6, 6.07) is 31.2. The molecule has 17 heteroatoms. The third-order valence-electron chi connectivity index (χ3n) is 13.4. The molecule has 0 radical (unpaired) electrons. The van der Waals surface area contributed by atoms with Gasteiger partial charge in [0.1, 0.15) is 18.3 Å². The second kappa shape index (κ2) is 20.0. The number of nitrogens with zero attached hydrogens (tertiary/aromatic N) is 7. The molecule has 0 saturated heterocycles. The molecule has 5 aromatic carbocycles. The highest BCUT2D eigenvalue weighted by atomic mass is 16.5. The zero-order chi connectivity index (χ0) is 50.9. The van der Waals surface area contributed by atoms with E-state index in [1.54, 1.807) is 104 Å². The number of rotatable bonds is 18. The summed E-state index contributed by atoms with van der Waals surface area (Å²) in [5.41, 5.74) is 4.04. The van der Waals surface area contributed by atoms with Gasteiger partial charge in [0, 0.05) is 50.9 Å². The summed E-state index contributed by atoms with van der Waals surface area (Å²) in [4.78, 5) is 98.2. The molecule has 1 atom stereocenters. The molecule has 0 aliphatic carbocycles. The lowest BCUT2D eigenvalue weighted by Gasteiger charge is -2.24. The van der Waals surface area contributed by atoms with E-state index in [0.717, 1.165) is 16.0 Å². The number of hydrogen-bond donors (Lipinski definition) is 0. The van der Waals surface area contributed by atoms with Crippen molar-refractivity contribution in [2.24, 2.45) is 0 Å². The second-order valence-electron chi connectivity index (χ2n) is 17.8. The van der Waals surface area contributed by atoms with E-state index in [4.69, 9.17) is 28.9 Å². The number of para-hydroxylation sites is 1. The van der Waals surface area contributed by atoms with Crippen molar-refractivity contribution in [3.8, 4) is 23.0 Å². The SMILES string of the molecule is COc1ccc(CCn2c(CCN3C(=O)c4ccncc4C3=O)nc3ccc(COc4cc(CCn5c(CC(C)N6C(=O)c7ccccc7C6=O)nc6ccccc6c5=O)ccc4OC)cc3c2=O)cc1OC. The lowest BCUT2D eigenvalue weighted by Crippen LogP contribution is -2.40. The number of fused-ring (bicyclic) bond motifs is 4. The first-order valence-electron chi connectivity index (χ1n) is 23.7. The van der Waals surface area contributed by atoms with Gasteiger partial charge in [-0.05, 0) is 103 Å². The standard InChI is InChI=1S/C56H49N7O10/c1-33(63-55(68)37-9-5-6-10-38(37)56(63)69)27-50-59-43-12-8-7-11-40(43)52(65)61(50)25-21-35-15-18-46(71-3)48(30-35)73-32-36-13-16-44-41(28-36)53(66)60(24-20-34-14-17-45(70-2)47(29-34)72-4)49(58-44)22-26-62-51(64)39-19-23-57-31-42(39)54(62)67/h5-19,23,28-31,33H,20-22,24-27,32H2,1-4H3. The predicted octanol–water partition coefficient (Wildman–Crippen LogP) is 6.66. The van der Waals surface area contributed by atoms with Crippen LogP contribution in [0.15, 0.2) is 131 Å². The molecule has 5 heterocycles. The van der Waals surface area contributed by atoms with E-state index >= 15 is 0 Å². The topological polar surface area (TPSA) is 194 Å². The number of aromatic nitrogens is 5. The van der Waals surface area contributed by atoms with Crippen LogP contribution in [0.5, 0.6) is 23.0 Å². The lowest BCUT2D eigenvalue weighted by molar-refractivity contribution is 0.0590. The molecule has 0 bridgehead atoms. The van der Waals surface area contributed by atoms with Gasteiger partial charge in [0.05, 0.1) is 65.4 Å². The Morgan fingerprint density at radius 2 is 1.07 bits per heavy atom. The Morgan fingerprint density at radius 3 is 1.75 bits per heavy atom. The molecule has 4 amide bonds. The summed E-state index contributed by atoms with van der Waals surface area (Å²) in [7, 11) is 4.66. The number of methoxy groups -OCH3 is 3. The van der Waals surface area contributed by atoms with Crippen LogP contribution in [0.4, 0.5) is 0 Å². The average molecular weight is 980 g/mol. The van der Waals surface area contributed by atoms with Crippen LogP contribution in [0, 0.1) is 0 Å². The summed E-state index contributed by atoms with van der Waals surface area (Å²) in [5, 5.41) is 0.802. The number of benzene rings is 5. The fourth-order valence-corrected chi connectivity index (χ4v) is 9.61. The maximum atomic E-state index is 14.6. The van der Waals surface area contributed by atoms with Gasteiger partial charge in [-0.3, -0.25) is 52.7 Å². The van der Waals surface area contributed by atoms with Gasteiger partial charge in [0.25, 0.3) is 34.7 Å². The van der Waals surface area contributed by atoms with Crippen molar-refractivity contribution in [1.29, 1.82) is 0 Å². The highest BCUT2D eigenvalue weighted by molar-refractivity contribution is 6.22. The molecule has 0 fully saturated rings. The quantitative estimate of drug-likeness (QED) is 0.0830. The summed E-state index contributed by atoms with van der Waals surface area (Å²) in [6.07, 6.45) is 3.96. The van der Waals surface area contributed by atoms with Gasteiger partial charge in [0.15, 0.2) is 23.0 Å². The number of carbonyl (C=O) groups excluding carboxylic acids is 4. The molecular weight excluding hydrogens is 931 g/mol. The van der Waals surface area contributed by atoms with Crippen molar-refractivity contribution in [3.63, 3.8) is 0 Å². The van der Waals surface area contributed by atoms with E-state index in [1.165, 1.54) is 23.4 Å². The van der Waals surface area contributed by atoms with Crippen LogP contribution in [-0.2, 0) is 45.4 Å². The fourth-order valence-electron chi connectivity index (χ4n) is 9.61. The Kier molecular flexibility index (Phi) is 13.1. The van der Waals surface area contributed by atoms with Crippen LogP contribution in [0.1, 0.15) is 76.7 Å². The molecule has 8 aromatic rings. The summed E-state index contributed by atoms with van der Waals surface area (Å²) < 4.78 is 26.2. The molecule has 368 valence electrons. The smallest absolute Gasteiger partial charge is 0.263 e. The predicted molar refractivity (Wildman–Crippen MR) is 270 cm³/mol. The monoisotopic (exact) mass is 979 g/mol. The molecule has 2 aliphatic rings. The van der Waals surface area contributed by atoms with Crippen molar-refractivity contribution in [2.75, 3.05) is 27.9 Å². The molecule has 10 rings (SSSR count). The Balaban J connectivity index is 0.892. The van der Waals surface area contributed by atoms with Gasteiger partial charge in [-0.2, -0.15) is 0 Å². The molecule has 2 aliphatic heterocycles. The first-order chi connectivity index (χ1) is 35.5. The minimum Gasteiger partial charge on any atom is -0.493 e. The molecule has 0 saturated carbocycles. The first-order valence-corrected chi connectivity index (χ1v) is 23.7. The van der Waals surface area contributed by atoms with E-state index in [0.29, 0.717) is 86.0 Å². The average Bonchev–Trinajstić information content (AvgIpc) is 3.82. The van der Waals surface area contributed by atoms with Crippen molar-refractivity contribution in [1.82, 2.24) is 33.9 Å². The highest BCUT2D eigenvalue weighted by Gasteiger charge is 2.39. The van der Waals surface area contributed by atoms with E-state index in [-0.39, 0.29) is 73.1 Å². The largest absolute Gasteiger partial charge is 0.493 e. The van der Waals surface area contributed by atoms with Gasteiger partial charge >= 0.3 is 0 Å².